The molecule has 0 radical (unpaired) electrons. The van der Waals surface area contributed by atoms with Gasteiger partial charge in [-0.1, -0.05) is 23.7 Å². The highest BCUT2D eigenvalue weighted by Gasteiger charge is 2.15. The number of hydrogen-bond donors (Lipinski definition) is 1. The Bertz CT molecular complexity index is 622. The van der Waals surface area contributed by atoms with E-state index >= 15 is 0 Å². The molecular formula is C13H14ClN3O2. The summed E-state index contributed by atoms with van der Waals surface area (Å²) in [7, 11) is 1.29. The van der Waals surface area contributed by atoms with E-state index in [1.165, 1.54) is 7.11 Å². The zero-order chi connectivity index (χ0) is 14.0. The van der Waals surface area contributed by atoms with E-state index < -0.39 is 5.97 Å². The summed E-state index contributed by atoms with van der Waals surface area (Å²) in [5, 5.41) is 4.76. The number of hydrogen-bond acceptors (Lipinski definition) is 4. The zero-order valence-corrected chi connectivity index (χ0v) is 11.4. The predicted molar refractivity (Wildman–Crippen MR) is 73.3 cm³/mol. The number of carbonyl (C=O) groups excluding carboxylic acids is 1. The van der Waals surface area contributed by atoms with Crippen LogP contribution in [0.25, 0.3) is 0 Å². The standard InChI is InChI=1S/C13H14ClN3O2/c1-8-3-4-9(10(14)5-8)6-17-7-11(15)12(16-17)13(18)19-2/h3-5,7H,6,15H2,1-2H3. The third-order valence-corrected chi connectivity index (χ3v) is 3.06. The summed E-state index contributed by atoms with van der Waals surface area (Å²) in [6, 6.07) is 5.77. The first-order chi connectivity index (χ1) is 9.01. The number of aromatic nitrogens is 2. The van der Waals surface area contributed by atoms with Gasteiger partial charge in [0.1, 0.15) is 0 Å². The number of esters is 1. The molecule has 0 aliphatic rings. The molecule has 1 aromatic carbocycles. The van der Waals surface area contributed by atoms with Gasteiger partial charge >= 0.3 is 5.97 Å². The Morgan fingerprint density at radius 2 is 2.26 bits per heavy atom. The van der Waals surface area contributed by atoms with Gasteiger partial charge in [0.15, 0.2) is 5.69 Å². The van der Waals surface area contributed by atoms with Crippen molar-refractivity contribution in [3.63, 3.8) is 0 Å². The van der Waals surface area contributed by atoms with Crippen molar-refractivity contribution in [3.8, 4) is 0 Å². The zero-order valence-electron chi connectivity index (χ0n) is 10.7. The Kier molecular flexibility index (Phi) is 3.76. The molecule has 100 valence electrons. The molecule has 0 aliphatic carbocycles. The van der Waals surface area contributed by atoms with Crippen molar-refractivity contribution < 1.29 is 9.53 Å². The van der Waals surface area contributed by atoms with Crippen LogP contribution in [0.4, 0.5) is 5.69 Å². The molecule has 5 nitrogen and oxygen atoms in total. The summed E-state index contributed by atoms with van der Waals surface area (Å²) in [6.45, 7) is 2.41. The predicted octanol–water partition coefficient (Wildman–Crippen LogP) is 2.26. The van der Waals surface area contributed by atoms with Gasteiger partial charge in [0.2, 0.25) is 0 Å². The SMILES string of the molecule is COC(=O)c1nn(Cc2ccc(C)cc2Cl)cc1N. The van der Waals surface area contributed by atoms with E-state index in [-0.39, 0.29) is 11.4 Å². The summed E-state index contributed by atoms with van der Waals surface area (Å²) >= 11 is 6.15. The number of methoxy groups -OCH3 is 1. The van der Waals surface area contributed by atoms with Crippen LogP contribution < -0.4 is 5.73 Å². The van der Waals surface area contributed by atoms with Crippen molar-refractivity contribution >= 4 is 23.3 Å². The van der Waals surface area contributed by atoms with Crippen LogP contribution in [0.3, 0.4) is 0 Å². The molecule has 6 heteroatoms. The van der Waals surface area contributed by atoms with Crippen molar-refractivity contribution in [2.45, 2.75) is 13.5 Å². The van der Waals surface area contributed by atoms with Gasteiger partial charge in [-0.05, 0) is 24.1 Å². The Morgan fingerprint density at radius 1 is 1.53 bits per heavy atom. The fraction of sp³-hybridized carbons (Fsp3) is 0.231. The lowest BCUT2D eigenvalue weighted by atomic mass is 10.1. The van der Waals surface area contributed by atoms with Crippen LogP contribution in [0.15, 0.2) is 24.4 Å². The summed E-state index contributed by atoms with van der Waals surface area (Å²) in [5.74, 6) is -0.550. The minimum atomic E-state index is -0.550. The number of benzene rings is 1. The Labute approximate surface area is 115 Å². The number of aryl methyl sites for hydroxylation is 1. The van der Waals surface area contributed by atoms with E-state index in [0.29, 0.717) is 11.6 Å². The number of halogens is 1. The van der Waals surface area contributed by atoms with E-state index in [9.17, 15) is 4.79 Å². The Balaban J connectivity index is 2.26. The normalized spacial score (nSPS) is 10.5. The topological polar surface area (TPSA) is 70.1 Å². The first-order valence-corrected chi connectivity index (χ1v) is 6.05. The van der Waals surface area contributed by atoms with Crippen LogP contribution in [-0.4, -0.2) is 22.9 Å². The van der Waals surface area contributed by atoms with E-state index in [0.717, 1.165) is 11.1 Å². The molecule has 19 heavy (non-hydrogen) atoms. The summed E-state index contributed by atoms with van der Waals surface area (Å²) in [6.07, 6.45) is 1.59. The van der Waals surface area contributed by atoms with Gasteiger partial charge in [0.05, 0.1) is 19.3 Å². The van der Waals surface area contributed by atoms with Crippen LogP contribution >= 0.6 is 11.6 Å². The molecule has 0 aliphatic heterocycles. The molecule has 0 spiro atoms. The van der Waals surface area contributed by atoms with Crippen LogP contribution in [0, 0.1) is 6.92 Å². The fourth-order valence-corrected chi connectivity index (χ4v) is 2.02. The van der Waals surface area contributed by atoms with Crippen LogP contribution in [0.5, 0.6) is 0 Å². The van der Waals surface area contributed by atoms with Crippen LogP contribution in [0.1, 0.15) is 21.6 Å². The molecule has 1 aromatic heterocycles. The van der Waals surface area contributed by atoms with Gasteiger partial charge in [0, 0.05) is 11.2 Å². The number of carbonyl (C=O) groups is 1. The molecule has 0 saturated carbocycles. The minimum absolute atomic E-state index is 0.116. The van der Waals surface area contributed by atoms with Gasteiger partial charge in [-0.15, -0.1) is 0 Å². The highest BCUT2D eigenvalue weighted by molar-refractivity contribution is 6.31. The highest BCUT2D eigenvalue weighted by Crippen LogP contribution is 2.19. The maximum absolute atomic E-state index is 11.4. The molecule has 0 bridgehead atoms. The fourth-order valence-electron chi connectivity index (χ4n) is 1.73. The van der Waals surface area contributed by atoms with Gasteiger partial charge in [-0.2, -0.15) is 5.10 Å². The Morgan fingerprint density at radius 3 is 2.89 bits per heavy atom. The third kappa shape index (κ3) is 2.88. The molecule has 1 heterocycles. The lowest BCUT2D eigenvalue weighted by molar-refractivity contribution is 0.0594. The third-order valence-electron chi connectivity index (χ3n) is 2.71. The van der Waals surface area contributed by atoms with Gasteiger partial charge in [-0.3, -0.25) is 4.68 Å². The molecule has 2 N–H and O–H groups in total. The average Bonchev–Trinajstić information content (AvgIpc) is 2.73. The maximum atomic E-state index is 11.4. The number of anilines is 1. The van der Waals surface area contributed by atoms with Crippen LogP contribution in [0.2, 0.25) is 5.02 Å². The molecular weight excluding hydrogens is 266 g/mol. The molecule has 2 rings (SSSR count). The first-order valence-electron chi connectivity index (χ1n) is 5.67. The molecule has 0 atom stereocenters. The first kappa shape index (κ1) is 13.4. The number of nitrogen functional groups attached to an aromatic ring is 1. The molecule has 0 saturated heterocycles. The second kappa shape index (κ2) is 5.32. The molecule has 0 fully saturated rings. The second-order valence-electron chi connectivity index (χ2n) is 4.22. The van der Waals surface area contributed by atoms with E-state index in [2.05, 4.69) is 9.84 Å². The Hall–Kier alpha value is -2.01. The van der Waals surface area contributed by atoms with E-state index in [1.54, 1.807) is 10.9 Å². The van der Waals surface area contributed by atoms with Crippen molar-refractivity contribution in [2.75, 3.05) is 12.8 Å². The van der Waals surface area contributed by atoms with Crippen LogP contribution in [-0.2, 0) is 11.3 Å². The number of rotatable bonds is 3. The maximum Gasteiger partial charge on any atom is 0.360 e. The smallest absolute Gasteiger partial charge is 0.360 e. The summed E-state index contributed by atoms with van der Waals surface area (Å²) in [5.41, 5.74) is 8.12. The molecule has 2 aromatic rings. The summed E-state index contributed by atoms with van der Waals surface area (Å²) in [4.78, 5) is 11.4. The molecule has 0 amide bonds. The van der Waals surface area contributed by atoms with E-state index in [4.69, 9.17) is 17.3 Å². The quantitative estimate of drug-likeness (QED) is 0.875. The van der Waals surface area contributed by atoms with Crippen molar-refractivity contribution in [3.05, 3.63) is 46.2 Å². The van der Waals surface area contributed by atoms with E-state index in [1.807, 2.05) is 25.1 Å². The second-order valence-corrected chi connectivity index (χ2v) is 4.62. The van der Waals surface area contributed by atoms with Crippen molar-refractivity contribution in [2.24, 2.45) is 0 Å². The highest BCUT2D eigenvalue weighted by atomic mass is 35.5. The van der Waals surface area contributed by atoms with Crippen molar-refractivity contribution in [1.29, 1.82) is 0 Å². The molecule has 0 unspecified atom stereocenters. The number of ether oxygens (including phenoxy) is 1. The summed E-state index contributed by atoms with van der Waals surface area (Å²) < 4.78 is 6.17. The van der Waals surface area contributed by atoms with Gasteiger partial charge in [-0.25, -0.2) is 4.79 Å². The average molecular weight is 280 g/mol. The lowest BCUT2D eigenvalue weighted by Gasteiger charge is -2.05. The van der Waals surface area contributed by atoms with Gasteiger partial charge in [0.25, 0.3) is 0 Å². The van der Waals surface area contributed by atoms with Crippen molar-refractivity contribution in [1.82, 2.24) is 9.78 Å². The number of nitrogens with zero attached hydrogens (tertiary/aromatic N) is 2. The largest absolute Gasteiger partial charge is 0.464 e. The number of nitrogens with two attached hydrogens (primary N) is 1. The van der Waals surface area contributed by atoms with Gasteiger partial charge < -0.3 is 10.5 Å². The lowest BCUT2D eigenvalue weighted by Crippen LogP contribution is -2.07. The minimum Gasteiger partial charge on any atom is -0.464 e. The monoisotopic (exact) mass is 279 g/mol.